The Kier molecular flexibility index (Phi) is 7.01. The number of hydrogen-bond acceptors (Lipinski definition) is 2. The Bertz CT molecular complexity index is 662. The Morgan fingerprint density at radius 3 is 2.25 bits per heavy atom. The van der Waals surface area contributed by atoms with Crippen molar-refractivity contribution in [1.29, 1.82) is 0 Å². The van der Waals surface area contributed by atoms with Gasteiger partial charge in [0.15, 0.2) is 0 Å². The zero-order chi connectivity index (χ0) is 17.4. The second kappa shape index (κ2) is 9.24. The van der Waals surface area contributed by atoms with E-state index in [0.29, 0.717) is 0 Å². The minimum Gasteiger partial charge on any atom is -0.352 e. The topological polar surface area (TPSA) is 41.1 Å². The molecule has 0 saturated heterocycles. The van der Waals surface area contributed by atoms with Gasteiger partial charge in [-0.3, -0.25) is 4.79 Å². The van der Waals surface area contributed by atoms with Crippen molar-refractivity contribution < 1.29 is 4.79 Å². The van der Waals surface area contributed by atoms with Gasteiger partial charge in [-0.2, -0.15) is 0 Å². The van der Waals surface area contributed by atoms with Crippen molar-refractivity contribution in [1.82, 2.24) is 10.6 Å². The van der Waals surface area contributed by atoms with E-state index in [9.17, 15) is 4.79 Å². The largest absolute Gasteiger partial charge is 0.352 e. The van der Waals surface area contributed by atoms with E-state index in [2.05, 4.69) is 49.6 Å². The smallest absolute Gasteiger partial charge is 0.251 e. The third-order valence-corrected chi connectivity index (χ3v) is 4.26. The van der Waals surface area contributed by atoms with Crippen molar-refractivity contribution in [2.75, 3.05) is 6.54 Å². The Hall–Kier alpha value is -2.13. The van der Waals surface area contributed by atoms with Gasteiger partial charge >= 0.3 is 0 Å². The third-order valence-electron chi connectivity index (χ3n) is 4.26. The Morgan fingerprint density at radius 2 is 1.58 bits per heavy atom. The van der Waals surface area contributed by atoms with Gasteiger partial charge in [0.1, 0.15) is 0 Å². The summed E-state index contributed by atoms with van der Waals surface area (Å²) >= 11 is 0. The Morgan fingerprint density at radius 1 is 0.917 bits per heavy atom. The first-order valence-electron chi connectivity index (χ1n) is 8.74. The molecule has 0 saturated carbocycles. The number of aryl methyl sites for hydroxylation is 2. The summed E-state index contributed by atoms with van der Waals surface area (Å²) in [5.41, 5.74) is 5.86. The lowest BCUT2D eigenvalue weighted by Crippen LogP contribution is -2.24. The van der Waals surface area contributed by atoms with E-state index in [1.165, 1.54) is 22.3 Å². The molecule has 0 spiro atoms. The van der Waals surface area contributed by atoms with Crippen LogP contribution in [0.25, 0.3) is 0 Å². The summed E-state index contributed by atoms with van der Waals surface area (Å²) in [6.07, 6.45) is 2.11. The first-order valence-corrected chi connectivity index (χ1v) is 8.74. The number of amides is 1. The van der Waals surface area contributed by atoms with Crippen LogP contribution in [0.3, 0.4) is 0 Å². The van der Waals surface area contributed by atoms with Crippen molar-refractivity contribution in [2.45, 2.75) is 46.7 Å². The van der Waals surface area contributed by atoms with Crippen LogP contribution in [0.5, 0.6) is 0 Å². The molecule has 2 aromatic carbocycles. The van der Waals surface area contributed by atoms with Gasteiger partial charge in [0.2, 0.25) is 0 Å². The lowest BCUT2D eigenvalue weighted by Gasteiger charge is -2.08. The van der Waals surface area contributed by atoms with E-state index in [0.717, 1.165) is 38.0 Å². The summed E-state index contributed by atoms with van der Waals surface area (Å²) in [4.78, 5) is 12.0. The molecule has 0 unspecified atom stereocenters. The molecule has 0 radical (unpaired) electrons. The first-order chi connectivity index (χ1) is 11.6. The molecule has 3 heteroatoms. The highest BCUT2D eigenvalue weighted by Gasteiger charge is 2.04. The lowest BCUT2D eigenvalue weighted by molar-refractivity contribution is 0.0953. The van der Waals surface area contributed by atoms with E-state index in [4.69, 9.17) is 0 Å². The average molecular weight is 324 g/mol. The third kappa shape index (κ3) is 5.50. The first kappa shape index (κ1) is 18.2. The fourth-order valence-corrected chi connectivity index (χ4v) is 2.52. The van der Waals surface area contributed by atoms with Crippen LogP contribution in [-0.4, -0.2) is 12.5 Å². The van der Waals surface area contributed by atoms with Gasteiger partial charge in [-0.1, -0.05) is 43.7 Å². The van der Waals surface area contributed by atoms with Crippen LogP contribution < -0.4 is 10.6 Å². The molecule has 2 rings (SSSR count). The van der Waals surface area contributed by atoms with Crippen LogP contribution in [0.15, 0.2) is 42.5 Å². The van der Waals surface area contributed by atoms with Gasteiger partial charge in [0.25, 0.3) is 5.91 Å². The number of carbonyl (C=O) groups is 1. The predicted molar refractivity (Wildman–Crippen MR) is 100 cm³/mol. The summed E-state index contributed by atoms with van der Waals surface area (Å²) in [6, 6.07) is 14.4. The van der Waals surface area contributed by atoms with Gasteiger partial charge in [-0.05, 0) is 54.7 Å². The molecule has 0 atom stereocenters. The van der Waals surface area contributed by atoms with Gasteiger partial charge in [-0.15, -0.1) is 0 Å². The molecule has 2 aromatic rings. The molecule has 0 aromatic heterocycles. The van der Waals surface area contributed by atoms with E-state index >= 15 is 0 Å². The Labute approximate surface area is 145 Å². The standard InChI is InChI=1S/C21H28N2O/c1-4-5-12-23-21(24)20-10-8-18(9-11-20)14-22-15-19-7-6-16(2)17(3)13-19/h6-11,13,22H,4-5,12,14-15H2,1-3H3,(H,23,24). The van der Waals surface area contributed by atoms with Crippen molar-refractivity contribution in [3.63, 3.8) is 0 Å². The van der Waals surface area contributed by atoms with E-state index in [-0.39, 0.29) is 5.91 Å². The molecular formula is C21H28N2O. The van der Waals surface area contributed by atoms with Gasteiger partial charge in [0.05, 0.1) is 0 Å². The molecule has 0 aliphatic heterocycles. The van der Waals surface area contributed by atoms with Crippen LogP contribution in [0.4, 0.5) is 0 Å². The summed E-state index contributed by atoms with van der Waals surface area (Å²) in [6.45, 7) is 8.78. The van der Waals surface area contributed by atoms with E-state index in [1.807, 2.05) is 24.3 Å². The summed E-state index contributed by atoms with van der Waals surface area (Å²) < 4.78 is 0. The minimum atomic E-state index is 0.0121. The normalized spacial score (nSPS) is 10.6. The summed E-state index contributed by atoms with van der Waals surface area (Å²) in [5, 5.41) is 6.39. The maximum atomic E-state index is 12.0. The van der Waals surface area contributed by atoms with Crippen LogP contribution >= 0.6 is 0 Å². The zero-order valence-corrected chi connectivity index (χ0v) is 15.0. The molecule has 0 fully saturated rings. The zero-order valence-electron chi connectivity index (χ0n) is 15.0. The summed E-state index contributed by atoms with van der Waals surface area (Å²) in [5.74, 6) is 0.0121. The van der Waals surface area contributed by atoms with Crippen molar-refractivity contribution in [3.05, 3.63) is 70.3 Å². The quantitative estimate of drug-likeness (QED) is 0.717. The highest BCUT2D eigenvalue weighted by atomic mass is 16.1. The highest BCUT2D eigenvalue weighted by molar-refractivity contribution is 5.94. The molecular weight excluding hydrogens is 296 g/mol. The van der Waals surface area contributed by atoms with Crippen molar-refractivity contribution >= 4 is 5.91 Å². The number of carbonyl (C=O) groups excluding carboxylic acids is 1. The number of unbranched alkanes of at least 4 members (excludes halogenated alkanes) is 1. The van der Waals surface area contributed by atoms with Gasteiger partial charge in [-0.25, -0.2) is 0 Å². The van der Waals surface area contributed by atoms with Crippen LogP contribution in [0.2, 0.25) is 0 Å². The number of benzene rings is 2. The highest BCUT2D eigenvalue weighted by Crippen LogP contribution is 2.10. The number of rotatable bonds is 8. The van der Waals surface area contributed by atoms with Crippen LogP contribution in [0, 0.1) is 13.8 Å². The molecule has 0 aliphatic rings. The molecule has 2 N–H and O–H groups in total. The fourth-order valence-electron chi connectivity index (χ4n) is 2.52. The molecule has 24 heavy (non-hydrogen) atoms. The average Bonchev–Trinajstić information content (AvgIpc) is 2.59. The van der Waals surface area contributed by atoms with E-state index in [1.54, 1.807) is 0 Å². The van der Waals surface area contributed by atoms with Gasteiger partial charge in [0, 0.05) is 25.2 Å². The van der Waals surface area contributed by atoms with Crippen LogP contribution in [-0.2, 0) is 13.1 Å². The lowest BCUT2D eigenvalue weighted by atomic mass is 10.1. The maximum absolute atomic E-state index is 12.0. The molecule has 0 heterocycles. The molecule has 1 amide bonds. The molecule has 3 nitrogen and oxygen atoms in total. The minimum absolute atomic E-state index is 0.0121. The van der Waals surface area contributed by atoms with Crippen molar-refractivity contribution in [3.8, 4) is 0 Å². The number of hydrogen-bond donors (Lipinski definition) is 2. The molecule has 0 aliphatic carbocycles. The monoisotopic (exact) mass is 324 g/mol. The van der Waals surface area contributed by atoms with Gasteiger partial charge < -0.3 is 10.6 Å². The number of nitrogens with one attached hydrogen (secondary N) is 2. The summed E-state index contributed by atoms with van der Waals surface area (Å²) in [7, 11) is 0. The molecule has 0 bridgehead atoms. The predicted octanol–water partition coefficient (Wildman–Crippen LogP) is 4.12. The van der Waals surface area contributed by atoms with Crippen LogP contribution in [0.1, 0.15) is 52.4 Å². The second-order valence-corrected chi connectivity index (χ2v) is 6.33. The fraction of sp³-hybridized carbons (Fsp3) is 0.381. The Balaban J connectivity index is 1.81. The molecule has 128 valence electrons. The SMILES string of the molecule is CCCCNC(=O)c1ccc(CNCc2ccc(C)c(C)c2)cc1. The van der Waals surface area contributed by atoms with E-state index < -0.39 is 0 Å². The van der Waals surface area contributed by atoms with Crippen molar-refractivity contribution in [2.24, 2.45) is 0 Å². The second-order valence-electron chi connectivity index (χ2n) is 6.33. The maximum Gasteiger partial charge on any atom is 0.251 e.